The molecule has 2 N–H and O–H groups in total. The first-order chi connectivity index (χ1) is 10.1. The fourth-order valence-electron chi connectivity index (χ4n) is 1.97. The van der Waals surface area contributed by atoms with E-state index >= 15 is 0 Å². The number of hydrogen-bond donors (Lipinski definition) is 2. The summed E-state index contributed by atoms with van der Waals surface area (Å²) >= 11 is 0. The van der Waals surface area contributed by atoms with E-state index in [-0.39, 0.29) is 11.7 Å². The fourth-order valence-corrected chi connectivity index (χ4v) is 1.97. The van der Waals surface area contributed by atoms with Crippen molar-refractivity contribution in [2.45, 2.75) is 26.2 Å². The summed E-state index contributed by atoms with van der Waals surface area (Å²) in [7, 11) is 1.83. The van der Waals surface area contributed by atoms with Gasteiger partial charge in [-0.25, -0.2) is 14.4 Å². The summed E-state index contributed by atoms with van der Waals surface area (Å²) in [4.78, 5) is 8.89. The molecule has 2 aromatic rings. The van der Waals surface area contributed by atoms with Gasteiger partial charge in [-0.15, -0.1) is 0 Å². The lowest BCUT2D eigenvalue weighted by molar-refractivity contribution is 0.610. The van der Waals surface area contributed by atoms with Crippen LogP contribution in [0.4, 0.5) is 16.0 Å². The molecule has 0 aliphatic carbocycles. The van der Waals surface area contributed by atoms with Gasteiger partial charge in [-0.1, -0.05) is 32.0 Å². The third-order valence-corrected chi connectivity index (χ3v) is 3.17. The predicted molar refractivity (Wildman–Crippen MR) is 84.3 cm³/mol. The van der Waals surface area contributed by atoms with E-state index in [9.17, 15) is 4.39 Å². The number of nitrogens with zero attached hydrogens (tertiary/aromatic N) is 2. The first-order valence-electron chi connectivity index (χ1n) is 7.14. The number of anilines is 2. The topological polar surface area (TPSA) is 49.8 Å². The molecule has 0 aliphatic rings. The van der Waals surface area contributed by atoms with Crippen molar-refractivity contribution in [3.05, 3.63) is 47.5 Å². The number of nitrogens with one attached hydrogen (secondary N) is 2. The standard InChI is InChI=1S/C16H21FN4/c1-11(2)16-20-14(18-3)10-15(21-16)19-9-8-12-6-4-5-7-13(12)17/h4-7,10-11H,8-9H2,1-3H3,(H2,18,19,20,21). The lowest BCUT2D eigenvalue weighted by Crippen LogP contribution is -2.10. The van der Waals surface area contributed by atoms with Gasteiger partial charge in [0.05, 0.1) is 0 Å². The maximum Gasteiger partial charge on any atom is 0.135 e. The van der Waals surface area contributed by atoms with Crippen molar-refractivity contribution in [3.8, 4) is 0 Å². The molecule has 4 nitrogen and oxygen atoms in total. The van der Waals surface area contributed by atoms with Gasteiger partial charge in [-0.3, -0.25) is 0 Å². The minimum absolute atomic E-state index is 0.166. The summed E-state index contributed by atoms with van der Waals surface area (Å²) in [6, 6.07) is 8.68. The second kappa shape index (κ2) is 7.02. The molecule has 0 fully saturated rings. The molecule has 0 saturated carbocycles. The zero-order valence-electron chi connectivity index (χ0n) is 12.7. The Balaban J connectivity index is 2.03. The van der Waals surface area contributed by atoms with Crippen molar-refractivity contribution in [2.75, 3.05) is 24.2 Å². The molecule has 2 rings (SSSR count). The molecule has 1 aromatic heterocycles. The summed E-state index contributed by atoms with van der Waals surface area (Å²) in [5.74, 6) is 2.41. The Morgan fingerprint density at radius 3 is 2.52 bits per heavy atom. The molecule has 0 atom stereocenters. The van der Waals surface area contributed by atoms with Gasteiger partial charge in [0.15, 0.2) is 0 Å². The summed E-state index contributed by atoms with van der Waals surface area (Å²) in [6.45, 7) is 4.73. The molecule has 5 heteroatoms. The highest BCUT2D eigenvalue weighted by atomic mass is 19.1. The van der Waals surface area contributed by atoms with Crippen molar-refractivity contribution < 1.29 is 4.39 Å². The molecule has 0 bridgehead atoms. The Morgan fingerprint density at radius 1 is 1.14 bits per heavy atom. The molecule has 1 aromatic carbocycles. The third kappa shape index (κ3) is 4.15. The zero-order valence-corrected chi connectivity index (χ0v) is 12.7. The highest BCUT2D eigenvalue weighted by molar-refractivity contribution is 5.47. The molecule has 0 amide bonds. The van der Waals surface area contributed by atoms with Crippen LogP contribution in [0.3, 0.4) is 0 Å². The van der Waals surface area contributed by atoms with Crippen LogP contribution in [-0.4, -0.2) is 23.6 Å². The van der Waals surface area contributed by atoms with Gasteiger partial charge in [-0.2, -0.15) is 0 Å². The highest BCUT2D eigenvalue weighted by Gasteiger charge is 2.07. The maximum atomic E-state index is 13.5. The Labute approximate surface area is 124 Å². The minimum Gasteiger partial charge on any atom is -0.373 e. The molecular formula is C16H21FN4. The predicted octanol–water partition coefficient (Wildman–Crippen LogP) is 3.44. The van der Waals surface area contributed by atoms with E-state index in [1.54, 1.807) is 12.1 Å². The van der Waals surface area contributed by atoms with Crippen LogP contribution in [0, 0.1) is 5.82 Å². The smallest absolute Gasteiger partial charge is 0.135 e. The molecule has 21 heavy (non-hydrogen) atoms. The van der Waals surface area contributed by atoms with Crippen molar-refractivity contribution in [1.82, 2.24) is 9.97 Å². The largest absolute Gasteiger partial charge is 0.373 e. The zero-order chi connectivity index (χ0) is 15.2. The van der Waals surface area contributed by atoms with Crippen LogP contribution in [-0.2, 0) is 6.42 Å². The first-order valence-corrected chi connectivity index (χ1v) is 7.14. The SMILES string of the molecule is CNc1cc(NCCc2ccccc2F)nc(C(C)C)n1. The first kappa shape index (κ1) is 15.2. The third-order valence-electron chi connectivity index (χ3n) is 3.17. The van der Waals surface area contributed by atoms with E-state index in [2.05, 4.69) is 34.4 Å². The number of rotatable bonds is 6. The van der Waals surface area contributed by atoms with Crippen molar-refractivity contribution >= 4 is 11.6 Å². The van der Waals surface area contributed by atoms with E-state index in [1.807, 2.05) is 19.2 Å². The highest BCUT2D eigenvalue weighted by Crippen LogP contribution is 2.17. The van der Waals surface area contributed by atoms with Gasteiger partial charge in [0.25, 0.3) is 0 Å². The lowest BCUT2D eigenvalue weighted by atomic mass is 10.1. The van der Waals surface area contributed by atoms with Gasteiger partial charge in [0.2, 0.25) is 0 Å². The fraction of sp³-hybridized carbons (Fsp3) is 0.375. The molecular weight excluding hydrogens is 267 g/mol. The van der Waals surface area contributed by atoms with Crippen LogP contribution in [0.1, 0.15) is 31.2 Å². The van der Waals surface area contributed by atoms with Crippen LogP contribution < -0.4 is 10.6 Å². The van der Waals surface area contributed by atoms with Crippen LogP contribution in [0.15, 0.2) is 30.3 Å². The quantitative estimate of drug-likeness (QED) is 0.855. The monoisotopic (exact) mass is 288 g/mol. The Bertz CT molecular complexity index is 599. The Hall–Kier alpha value is -2.17. The van der Waals surface area contributed by atoms with E-state index in [0.717, 1.165) is 17.5 Å². The molecule has 0 unspecified atom stereocenters. The number of halogens is 1. The van der Waals surface area contributed by atoms with Gasteiger partial charge in [0, 0.05) is 25.6 Å². The van der Waals surface area contributed by atoms with Crippen LogP contribution in [0.2, 0.25) is 0 Å². The van der Waals surface area contributed by atoms with Crippen molar-refractivity contribution in [2.24, 2.45) is 0 Å². The van der Waals surface area contributed by atoms with Gasteiger partial charge < -0.3 is 10.6 Å². The van der Waals surface area contributed by atoms with Gasteiger partial charge in [0.1, 0.15) is 23.3 Å². The van der Waals surface area contributed by atoms with E-state index in [4.69, 9.17) is 0 Å². The Kier molecular flexibility index (Phi) is 5.09. The average molecular weight is 288 g/mol. The molecule has 0 radical (unpaired) electrons. The maximum absolute atomic E-state index is 13.5. The number of aromatic nitrogens is 2. The van der Waals surface area contributed by atoms with Crippen LogP contribution in [0.25, 0.3) is 0 Å². The number of benzene rings is 1. The summed E-state index contributed by atoms with van der Waals surface area (Å²) in [6.07, 6.45) is 0.614. The number of hydrogen-bond acceptors (Lipinski definition) is 4. The second-order valence-electron chi connectivity index (χ2n) is 5.17. The molecule has 0 saturated heterocycles. The Morgan fingerprint density at radius 2 is 1.86 bits per heavy atom. The van der Waals surface area contributed by atoms with Crippen LogP contribution >= 0.6 is 0 Å². The average Bonchev–Trinajstić information content (AvgIpc) is 2.49. The van der Waals surface area contributed by atoms with E-state index < -0.39 is 0 Å². The van der Waals surface area contributed by atoms with Crippen LogP contribution in [0.5, 0.6) is 0 Å². The summed E-state index contributed by atoms with van der Waals surface area (Å²) in [5.41, 5.74) is 0.706. The van der Waals surface area contributed by atoms with Gasteiger partial charge in [-0.05, 0) is 18.1 Å². The van der Waals surface area contributed by atoms with Crippen molar-refractivity contribution in [3.63, 3.8) is 0 Å². The molecule has 0 aliphatic heterocycles. The molecule has 112 valence electrons. The van der Waals surface area contributed by atoms with Gasteiger partial charge >= 0.3 is 0 Å². The minimum atomic E-state index is -0.166. The normalized spacial score (nSPS) is 10.7. The molecule has 0 spiro atoms. The lowest BCUT2D eigenvalue weighted by Gasteiger charge is -2.11. The molecule has 1 heterocycles. The van der Waals surface area contributed by atoms with Crippen molar-refractivity contribution in [1.29, 1.82) is 0 Å². The summed E-state index contributed by atoms with van der Waals surface area (Å²) < 4.78 is 13.5. The second-order valence-corrected chi connectivity index (χ2v) is 5.17. The summed E-state index contributed by atoms with van der Waals surface area (Å²) in [5, 5.41) is 6.26. The van der Waals surface area contributed by atoms with E-state index in [0.29, 0.717) is 18.5 Å². The van der Waals surface area contributed by atoms with E-state index in [1.165, 1.54) is 6.07 Å².